The maximum atomic E-state index is 12.3. The van der Waals surface area contributed by atoms with E-state index in [1.165, 1.54) is 0 Å². The number of nitrogens with one attached hydrogen (secondary N) is 2. The van der Waals surface area contributed by atoms with Gasteiger partial charge in [0.15, 0.2) is 0 Å². The fraction of sp³-hybridized carbons (Fsp3) is 0.0909. The van der Waals surface area contributed by atoms with Crippen LogP contribution in [0.25, 0.3) is 0 Å². The third-order valence-corrected chi connectivity index (χ3v) is 4.47. The molecule has 0 unspecified atom stereocenters. The predicted molar refractivity (Wildman–Crippen MR) is 118 cm³/mol. The van der Waals surface area contributed by atoms with Crippen molar-refractivity contribution in [3.63, 3.8) is 0 Å². The van der Waals surface area contributed by atoms with Crippen LogP contribution in [0, 0.1) is 0 Å². The van der Waals surface area contributed by atoms with Gasteiger partial charge in [0, 0.05) is 27.1 Å². The summed E-state index contributed by atoms with van der Waals surface area (Å²) < 4.78 is 0. The van der Waals surface area contributed by atoms with Crippen LogP contribution < -0.4 is 16.4 Å². The van der Waals surface area contributed by atoms with Crippen molar-refractivity contribution in [3.05, 3.63) is 87.9 Å². The molecule has 0 aliphatic carbocycles. The van der Waals surface area contributed by atoms with E-state index in [0.717, 1.165) is 11.1 Å². The van der Waals surface area contributed by atoms with Crippen molar-refractivity contribution in [1.82, 2.24) is 0 Å². The molecule has 0 bridgehead atoms. The summed E-state index contributed by atoms with van der Waals surface area (Å²) in [5, 5.41) is 6.47. The molecule has 7 heteroatoms. The zero-order valence-electron chi connectivity index (χ0n) is 15.4. The Morgan fingerprint density at radius 1 is 0.724 bits per heavy atom. The number of hydrogen-bond donors (Lipinski definition) is 3. The van der Waals surface area contributed by atoms with Crippen LogP contribution in [0.2, 0.25) is 10.0 Å². The SMILES string of the molecule is Nc1cccc(NC(=O)Cc2cccc(CC(=O)Nc3cc(Cl)cc(Cl)c3)c2)c1. The minimum Gasteiger partial charge on any atom is -0.399 e. The van der Waals surface area contributed by atoms with Gasteiger partial charge in [-0.25, -0.2) is 0 Å². The van der Waals surface area contributed by atoms with Crippen LogP contribution in [0.1, 0.15) is 11.1 Å². The average Bonchev–Trinajstić information content (AvgIpc) is 2.60. The molecule has 0 spiro atoms. The molecular weight excluding hydrogens is 409 g/mol. The lowest BCUT2D eigenvalue weighted by Crippen LogP contribution is -2.16. The highest BCUT2D eigenvalue weighted by Gasteiger charge is 2.09. The molecule has 0 aliphatic heterocycles. The fourth-order valence-electron chi connectivity index (χ4n) is 2.87. The smallest absolute Gasteiger partial charge is 0.228 e. The van der Waals surface area contributed by atoms with Crippen LogP contribution in [0.15, 0.2) is 66.7 Å². The molecule has 2 amide bonds. The molecule has 3 aromatic rings. The lowest BCUT2D eigenvalue weighted by atomic mass is 10.1. The highest BCUT2D eigenvalue weighted by Crippen LogP contribution is 2.22. The molecule has 148 valence electrons. The monoisotopic (exact) mass is 427 g/mol. The molecule has 0 saturated heterocycles. The second-order valence-electron chi connectivity index (χ2n) is 6.55. The minimum atomic E-state index is -0.204. The van der Waals surface area contributed by atoms with Crippen molar-refractivity contribution < 1.29 is 9.59 Å². The molecular formula is C22H19Cl2N3O2. The summed E-state index contributed by atoms with van der Waals surface area (Å²) in [5.74, 6) is -0.365. The zero-order chi connectivity index (χ0) is 20.8. The summed E-state index contributed by atoms with van der Waals surface area (Å²) >= 11 is 11.9. The summed E-state index contributed by atoms with van der Waals surface area (Å²) in [4.78, 5) is 24.6. The molecule has 0 atom stereocenters. The fourth-order valence-corrected chi connectivity index (χ4v) is 3.40. The van der Waals surface area contributed by atoms with Crippen molar-refractivity contribution in [3.8, 4) is 0 Å². The molecule has 0 aliphatic rings. The molecule has 4 N–H and O–H groups in total. The number of nitrogens with two attached hydrogens (primary N) is 1. The van der Waals surface area contributed by atoms with Gasteiger partial charge in [-0.05, 0) is 47.5 Å². The van der Waals surface area contributed by atoms with Gasteiger partial charge in [0.25, 0.3) is 0 Å². The number of halogens is 2. The van der Waals surface area contributed by atoms with Gasteiger partial charge in [-0.3, -0.25) is 9.59 Å². The van der Waals surface area contributed by atoms with E-state index in [-0.39, 0.29) is 24.7 Å². The molecule has 0 aromatic heterocycles. The maximum Gasteiger partial charge on any atom is 0.228 e. The van der Waals surface area contributed by atoms with Gasteiger partial charge in [0.2, 0.25) is 11.8 Å². The Hall–Kier alpha value is -3.02. The van der Waals surface area contributed by atoms with E-state index in [4.69, 9.17) is 28.9 Å². The number of rotatable bonds is 6. The van der Waals surface area contributed by atoms with E-state index in [1.807, 2.05) is 24.3 Å². The van der Waals surface area contributed by atoms with Crippen LogP contribution in [0.4, 0.5) is 17.1 Å². The zero-order valence-corrected chi connectivity index (χ0v) is 16.9. The molecule has 0 heterocycles. The summed E-state index contributed by atoms with van der Waals surface area (Å²) in [6.45, 7) is 0. The Morgan fingerprint density at radius 3 is 1.86 bits per heavy atom. The molecule has 5 nitrogen and oxygen atoms in total. The Morgan fingerprint density at radius 2 is 1.28 bits per heavy atom. The van der Waals surface area contributed by atoms with Crippen molar-refractivity contribution in [2.75, 3.05) is 16.4 Å². The first-order valence-corrected chi connectivity index (χ1v) is 9.62. The van der Waals surface area contributed by atoms with Gasteiger partial charge in [-0.2, -0.15) is 0 Å². The maximum absolute atomic E-state index is 12.3. The Bertz CT molecular complexity index is 1030. The minimum absolute atomic E-state index is 0.161. The van der Waals surface area contributed by atoms with Gasteiger partial charge in [-0.1, -0.05) is 53.5 Å². The summed E-state index contributed by atoms with van der Waals surface area (Å²) in [6, 6.07) is 19.2. The molecule has 29 heavy (non-hydrogen) atoms. The first-order chi connectivity index (χ1) is 13.9. The second-order valence-corrected chi connectivity index (χ2v) is 7.43. The number of carbonyl (C=O) groups excluding carboxylic acids is 2. The van der Waals surface area contributed by atoms with Crippen LogP contribution in [-0.4, -0.2) is 11.8 Å². The summed E-state index contributed by atoms with van der Waals surface area (Å²) in [5.41, 5.74) is 9.08. The van der Waals surface area contributed by atoms with Crippen molar-refractivity contribution in [1.29, 1.82) is 0 Å². The average molecular weight is 428 g/mol. The third-order valence-electron chi connectivity index (χ3n) is 4.04. The van der Waals surface area contributed by atoms with E-state index >= 15 is 0 Å². The lowest BCUT2D eigenvalue weighted by molar-refractivity contribution is -0.116. The van der Waals surface area contributed by atoms with Crippen LogP contribution in [0.5, 0.6) is 0 Å². The number of amides is 2. The number of benzene rings is 3. The Labute approximate surface area is 178 Å². The van der Waals surface area contributed by atoms with Crippen molar-refractivity contribution in [2.45, 2.75) is 12.8 Å². The van der Waals surface area contributed by atoms with Gasteiger partial charge in [-0.15, -0.1) is 0 Å². The molecule has 0 fully saturated rings. The quantitative estimate of drug-likeness (QED) is 0.487. The van der Waals surface area contributed by atoms with Gasteiger partial charge in [0.05, 0.1) is 12.8 Å². The highest BCUT2D eigenvalue weighted by atomic mass is 35.5. The number of carbonyl (C=O) groups is 2. The van der Waals surface area contributed by atoms with Crippen LogP contribution >= 0.6 is 23.2 Å². The van der Waals surface area contributed by atoms with Crippen LogP contribution in [-0.2, 0) is 22.4 Å². The van der Waals surface area contributed by atoms with E-state index in [0.29, 0.717) is 27.1 Å². The van der Waals surface area contributed by atoms with Crippen LogP contribution in [0.3, 0.4) is 0 Å². The first kappa shape index (κ1) is 20.7. The number of anilines is 3. The van der Waals surface area contributed by atoms with E-state index in [2.05, 4.69) is 10.6 Å². The Kier molecular flexibility index (Phi) is 6.75. The third kappa shape index (κ3) is 6.52. The predicted octanol–water partition coefficient (Wildman–Crippen LogP) is 4.94. The molecule has 3 rings (SSSR count). The van der Waals surface area contributed by atoms with Crippen molar-refractivity contribution in [2.24, 2.45) is 0 Å². The standard InChI is InChI=1S/C22H19Cl2N3O2/c23-16-10-17(24)12-20(11-16)27-22(29)9-15-4-1-3-14(7-15)8-21(28)26-19-6-2-5-18(25)13-19/h1-7,10-13H,8-9,25H2,(H,26,28)(H,27,29). The summed E-state index contributed by atoms with van der Waals surface area (Å²) in [7, 11) is 0. The van der Waals surface area contributed by atoms with E-state index < -0.39 is 0 Å². The lowest BCUT2D eigenvalue weighted by Gasteiger charge is -2.09. The van der Waals surface area contributed by atoms with Gasteiger partial charge in [0.1, 0.15) is 0 Å². The highest BCUT2D eigenvalue weighted by molar-refractivity contribution is 6.35. The van der Waals surface area contributed by atoms with Crippen molar-refractivity contribution >= 4 is 52.1 Å². The molecule has 0 saturated carbocycles. The summed E-state index contributed by atoms with van der Waals surface area (Å²) in [6.07, 6.45) is 0.350. The molecule has 3 aromatic carbocycles. The van der Waals surface area contributed by atoms with Gasteiger partial charge >= 0.3 is 0 Å². The van der Waals surface area contributed by atoms with Gasteiger partial charge < -0.3 is 16.4 Å². The second kappa shape index (κ2) is 9.45. The molecule has 0 radical (unpaired) electrons. The van der Waals surface area contributed by atoms with E-state index in [9.17, 15) is 9.59 Å². The first-order valence-electron chi connectivity index (χ1n) is 8.86. The number of nitrogen functional groups attached to an aromatic ring is 1. The van der Waals surface area contributed by atoms with E-state index in [1.54, 1.807) is 42.5 Å². The topological polar surface area (TPSA) is 84.2 Å². The Balaban J connectivity index is 1.60. The number of hydrogen-bond acceptors (Lipinski definition) is 3. The largest absolute Gasteiger partial charge is 0.399 e. The normalized spacial score (nSPS) is 10.4.